The summed E-state index contributed by atoms with van der Waals surface area (Å²) >= 11 is 0. The first-order valence-corrected chi connectivity index (χ1v) is 9.14. The van der Waals surface area contributed by atoms with Crippen molar-refractivity contribution in [2.24, 2.45) is 0 Å². The molecule has 0 saturated carbocycles. The number of nitrogens with zero attached hydrogens (tertiary/aromatic N) is 4. The molecule has 140 valence electrons. The highest BCUT2D eigenvalue weighted by atomic mass is 16.5. The number of rotatable bonds is 3. The Morgan fingerprint density at radius 2 is 2.08 bits per heavy atom. The molecule has 0 aromatic carbocycles. The lowest BCUT2D eigenvalue weighted by molar-refractivity contribution is -0.181. The van der Waals surface area contributed by atoms with Gasteiger partial charge in [0.15, 0.2) is 11.5 Å². The average molecular weight is 360 g/mol. The maximum atomic E-state index is 13.0. The minimum Gasteiger partial charge on any atom is -0.353 e. The zero-order valence-electron chi connectivity index (χ0n) is 15.4. The molecule has 0 unspecified atom stereocenters. The fourth-order valence-corrected chi connectivity index (χ4v) is 4.83. The summed E-state index contributed by atoms with van der Waals surface area (Å²) in [6.45, 7) is 7.07. The van der Waals surface area contributed by atoms with Crippen molar-refractivity contribution in [1.82, 2.24) is 19.6 Å². The highest BCUT2D eigenvalue weighted by Gasteiger charge is 2.61. The number of aryl methyl sites for hydroxylation is 1. The van der Waals surface area contributed by atoms with Crippen LogP contribution in [-0.4, -0.2) is 68.6 Å². The molecule has 0 N–H and O–H groups in total. The van der Waals surface area contributed by atoms with Crippen molar-refractivity contribution < 1.29 is 19.1 Å². The van der Waals surface area contributed by atoms with Gasteiger partial charge in [0.1, 0.15) is 6.54 Å². The number of ketones is 1. The molecule has 2 amide bonds. The van der Waals surface area contributed by atoms with Gasteiger partial charge in [0.25, 0.3) is 0 Å². The van der Waals surface area contributed by atoms with Crippen molar-refractivity contribution in [3.05, 3.63) is 17.0 Å². The first-order valence-electron chi connectivity index (χ1n) is 9.14. The maximum absolute atomic E-state index is 13.0. The van der Waals surface area contributed by atoms with E-state index < -0.39 is 5.72 Å². The molecule has 3 fully saturated rings. The molecule has 0 bridgehead atoms. The molecular formula is C18H24N4O4. The molecule has 0 radical (unpaired) electrons. The number of aromatic nitrogens is 2. The Morgan fingerprint density at radius 3 is 2.77 bits per heavy atom. The predicted molar refractivity (Wildman–Crippen MR) is 91.5 cm³/mol. The van der Waals surface area contributed by atoms with E-state index in [4.69, 9.17) is 4.74 Å². The summed E-state index contributed by atoms with van der Waals surface area (Å²) in [5.74, 6) is -0.0694. The minimum atomic E-state index is -0.634. The summed E-state index contributed by atoms with van der Waals surface area (Å²) in [5, 5.41) is 4.36. The molecule has 2 atom stereocenters. The molecule has 4 heterocycles. The number of hydrogen-bond donors (Lipinski definition) is 0. The van der Waals surface area contributed by atoms with Crippen LogP contribution in [-0.2, 0) is 20.9 Å². The van der Waals surface area contributed by atoms with E-state index in [0.29, 0.717) is 49.5 Å². The van der Waals surface area contributed by atoms with Crippen molar-refractivity contribution in [2.75, 3.05) is 19.7 Å². The third-order valence-electron chi connectivity index (χ3n) is 5.95. The van der Waals surface area contributed by atoms with Gasteiger partial charge in [0, 0.05) is 25.2 Å². The normalized spacial score (nSPS) is 27.7. The number of likely N-dealkylation sites (tertiary alicyclic amines) is 1. The summed E-state index contributed by atoms with van der Waals surface area (Å²) < 4.78 is 7.63. The Bertz CT molecular complexity index is 801. The Kier molecular flexibility index (Phi) is 3.91. The van der Waals surface area contributed by atoms with Gasteiger partial charge < -0.3 is 14.5 Å². The summed E-state index contributed by atoms with van der Waals surface area (Å²) in [5.41, 5.74) is 1.28. The van der Waals surface area contributed by atoms with Gasteiger partial charge in [-0.05, 0) is 27.2 Å². The lowest BCUT2D eigenvalue weighted by atomic mass is 10.0. The van der Waals surface area contributed by atoms with Crippen molar-refractivity contribution in [3.8, 4) is 0 Å². The van der Waals surface area contributed by atoms with E-state index in [9.17, 15) is 14.4 Å². The van der Waals surface area contributed by atoms with Gasteiger partial charge >= 0.3 is 0 Å². The van der Waals surface area contributed by atoms with Crippen LogP contribution in [0.25, 0.3) is 0 Å². The Labute approximate surface area is 152 Å². The SMILES string of the molecule is CC(=O)c1c(C)nn(CC(=O)N2CC[C@@]34OCCCN3C(=O)C[C@@H]24)c1C. The molecule has 1 aromatic heterocycles. The molecule has 3 aliphatic rings. The van der Waals surface area contributed by atoms with Crippen LogP contribution in [0.2, 0.25) is 0 Å². The van der Waals surface area contributed by atoms with E-state index in [1.165, 1.54) is 6.92 Å². The Balaban J connectivity index is 1.56. The van der Waals surface area contributed by atoms with E-state index >= 15 is 0 Å². The second-order valence-corrected chi connectivity index (χ2v) is 7.41. The van der Waals surface area contributed by atoms with E-state index in [1.54, 1.807) is 23.4 Å². The molecule has 3 saturated heterocycles. The fraction of sp³-hybridized carbons (Fsp3) is 0.667. The first kappa shape index (κ1) is 17.2. The lowest BCUT2D eigenvalue weighted by Gasteiger charge is -2.42. The van der Waals surface area contributed by atoms with Gasteiger partial charge in [0.2, 0.25) is 11.8 Å². The molecule has 4 rings (SSSR count). The number of amides is 2. The minimum absolute atomic E-state index is 0.0496. The zero-order valence-corrected chi connectivity index (χ0v) is 15.4. The van der Waals surface area contributed by atoms with Crippen LogP contribution in [0.1, 0.15) is 47.9 Å². The summed E-state index contributed by atoms with van der Waals surface area (Å²) in [7, 11) is 0. The summed E-state index contributed by atoms with van der Waals surface area (Å²) in [6, 6.07) is -0.230. The maximum Gasteiger partial charge on any atom is 0.244 e. The van der Waals surface area contributed by atoms with Crippen molar-refractivity contribution >= 4 is 17.6 Å². The topological polar surface area (TPSA) is 84.7 Å². The smallest absolute Gasteiger partial charge is 0.244 e. The molecule has 26 heavy (non-hydrogen) atoms. The number of Topliss-reactive ketones (excluding diaryl/α,β-unsaturated/α-hetero) is 1. The number of carbonyl (C=O) groups excluding carboxylic acids is 3. The van der Waals surface area contributed by atoms with Gasteiger partial charge in [-0.1, -0.05) is 0 Å². The van der Waals surface area contributed by atoms with Crippen molar-refractivity contribution in [2.45, 2.75) is 58.3 Å². The van der Waals surface area contributed by atoms with Crippen molar-refractivity contribution in [3.63, 3.8) is 0 Å². The van der Waals surface area contributed by atoms with Gasteiger partial charge in [-0.15, -0.1) is 0 Å². The molecule has 1 aromatic rings. The Hall–Kier alpha value is -2.22. The standard InChI is InChI=1S/C18H24N4O4/c1-11-17(13(3)23)12(2)22(19-11)10-16(25)20-7-5-18-14(20)9-15(24)21(18)6-4-8-26-18/h14H,4-10H2,1-3H3/t14-,18+/m1/s1. The summed E-state index contributed by atoms with van der Waals surface area (Å²) in [4.78, 5) is 40.7. The van der Waals surface area contributed by atoms with E-state index in [0.717, 1.165) is 6.42 Å². The second kappa shape index (κ2) is 5.90. The van der Waals surface area contributed by atoms with Gasteiger partial charge in [-0.25, -0.2) is 0 Å². The van der Waals surface area contributed by atoms with Gasteiger partial charge in [-0.2, -0.15) is 5.10 Å². The average Bonchev–Trinajstić information content (AvgIpc) is 3.15. The van der Waals surface area contributed by atoms with Crippen LogP contribution in [0.15, 0.2) is 0 Å². The van der Waals surface area contributed by atoms with E-state index in [-0.39, 0.29) is 30.2 Å². The predicted octanol–water partition coefficient (Wildman–Crippen LogP) is 0.652. The highest BCUT2D eigenvalue weighted by Crippen LogP contribution is 2.44. The fourth-order valence-electron chi connectivity index (χ4n) is 4.83. The molecule has 1 spiro atoms. The van der Waals surface area contributed by atoms with E-state index in [2.05, 4.69) is 5.10 Å². The van der Waals surface area contributed by atoms with Crippen LogP contribution in [0.4, 0.5) is 0 Å². The first-order chi connectivity index (χ1) is 12.3. The van der Waals surface area contributed by atoms with Gasteiger partial charge in [-0.3, -0.25) is 19.1 Å². The van der Waals surface area contributed by atoms with Crippen LogP contribution in [0, 0.1) is 13.8 Å². The van der Waals surface area contributed by atoms with Crippen LogP contribution in [0.3, 0.4) is 0 Å². The molecule has 8 heteroatoms. The number of carbonyl (C=O) groups is 3. The summed E-state index contributed by atoms with van der Waals surface area (Å²) in [6.07, 6.45) is 1.82. The van der Waals surface area contributed by atoms with Crippen LogP contribution in [0.5, 0.6) is 0 Å². The number of ether oxygens (including phenoxy) is 1. The molecular weight excluding hydrogens is 336 g/mol. The van der Waals surface area contributed by atoms with Crippen LogP contribution >= 0.6 is 0 Å². The Morgan fingerprint density at radius 1 is 1.31 bits per heavy atom. The third-order valence-corrected chi connectivity index (χ3v) is 5.95. The molecule has 8 nitrogen and oxygen atoms in total. The molecule has 3 aliphatic heterocycles. The van der Waals surface area contributed by atoms with Crippen LogP contribution < -0.4 is 0 Å². The number of hydrogen-bond acceptors (Lipinski definition) is 5. The van der Waals surface area contributed by atoms with Gasteiger partial charge in [0.05, 0.1) is 30.3 Å². The lowest BCUT2D eigenvalue weighted by Crippen LogP contribution is -2.56. The zero-order chi connectivity index (χ0) is 18.6. The second-order valence-electron chi connectivity index (χ2n) is 7.41. The monoisotopic (exact) mass is 360 g/mol. The largest absolute Gasteiger partial charge is 0.353 e. The third kappa shape index (κ3) is 2.31. The van der Waals surface area contributed by atoms with E-state index in [1.807, 2.05) is 4.90 Å². The quantitative estimate of drug-likeness (QED) is 0.739. The highest BCUT2D eigenvalue weighted by molar-refractivity contribution is 5.96. The van der Waals surface area contributed by atoms with Crippen molar-refractivity contribution in [1.29, 1.82) is 0 Å². The molecule has 0 aliphatic carbocycles.